The molecule has 1 fully saturated rings. The van der Waals surface area contributed by atoms with Crippen molar-refractivity contribution >= 4 is 11.7 Å². The number of rotatable bonds is 4. The molecule has 29 heavy (non-hydrogen) atoms. The molecule has 3 rings (SSSR count). The molecule has 2 aromatic heterocycles. The van der Waals surface area contributed by atoms with Crippen LogP contribution in [0.4, 0.5) is 5.82 Å². The molecule has 1 aliphatic rings. The summed E-state index contributed by atoms with van der Waals surface area (Å²) in [7, 11) is 1.87. The normalized spacial score (nSPS) is 17.2. The second-order valence-electron chi connectivity index (χ2n) is 8.66. The van der Waals surface area contributed by atoms with Crippen molar-refractivity contribution in [1.29, 1.82) is 0 Å². The van der Waals surface area contributed by atoms with E-state index in [0.717, 1.165) is 43.0 Å². The SMILES string of the molecule is C/C=C(\C)NC(=O)c1c(C)nc(-c2cnn(C)c2)nc1N1CCCC(C)(C)CC1. The minimum atomic E-state index is -0.158. The molecule has 2 aromatic rings. The second kappa shape index (κ2) is 8.35. The molecule has 7 heteroatoms. The summed E-state index contributed by atoms with van der Waals surface area (Å²) in [4.78, 5) is 24.9. The molecule has 7 nitrogen and oxygen atoms in total. The van der Waals surface area contributed by atoms with Gasteiger partial charge in [0.2, 0.25) is 0 Å². The standard InChI is InChI=1S/C22H32N6O/c1-7-15(2)24-21(29)18-16(3)25-19(17-13-23-27(6)14-17)26-20(18)28-11-8-9-22(4,5)10-12-28/h7,13-14H,8-12H2,1-6H3,(H,24,29)/b15-7+. The van der Waals surface area contributed by atoms with Crippen molar-refractivity contribution in [3.8, 4) is 11.4 Å². The lowest BCUT2D eigenvalue weighted by atomic mass is 9.85. The van der Waals surface area contributed by atoms with Crippen molar-refractivity contribution < 1.29 is 4.79 Å². The van der Waals surface area contributed by atoms with E-state index in [0.29, 0.717) is 22.5 Å². The molecule has 0 unspecified atom stereocenters. The minimum absolute atomic E-state index is 0.158. The van der Waals surface area contributed by atoms with Gasteiger partial charge in [-0.25, -0.2) is 9.97 Å². The fraction of sp³-hybridized carbons (Fsp3) is 0.545. The van der Waals surface area contributed by atoms with E-state index in [1.54, 1.807) is 10.9 Å². The number of carbonyl (C=O) groups is 1. The predicted molar refractivity (Wildman–Crippen MR) is 116 cm³/mol. The van der Waals surface area contributed by atoms with Crippen LogP contribution in [-0.2, 0) is 7.05 Å². The molecule has 3 heterocycles. The Morgan fingerprint density at radius 1 is 1.24 bits per heavy atom. The van der Waals surface area contributed by atoms with Gasteiger partial charge in [0.25, 0.3) is 5.91 Å². The first-order valence-electron chi connectivity index (χ1n) is 10.3. The van der Waals surface area contributed by atoms with Crippen LogP contribution in [0.25, 0.3) is 11.4 Å². The third kappa shape index (κ3) is 4.83. The van der Waals surface area contributed by atoms with Crippen molar-refractivity contribution in [2.24, 2.45) is 12.5 Å². The maximum absolute atomic E-state index is 13.1. The van der Waals surface area contributed by atoms with Gasteiger partial charge in [0.15, 0.2) is 5.82 Å². The topological polar surface area (TPSA) is 75.9 Å². The fourth-order valence-corrected chi connectivity index (χ4v) is 3.67. The lowest BCUT2D eigenvalue weighted by Crippen LogP contribution is -2.31. The number of carbonyl (C=O) groups excluding carboxylic acids is 1. The van der Waals surface area contributed by atoms with Crippen molar-refractivity contribution in [2.75, 3.05) is 18.0 Å². The molecule has 156 valence electrons. The Labute approximate surface area is 173 Å². The van der Waals surface area contributed by atoms with Gasteiger partial charge in [-0.15, -0.1) is 0 Å². The van der Waals surface area contributed by atoms with Crippen molar-refractivity contribution in [3.05, 3.63) is 35.4 Å². The zero-order valence-corrected chi connectivity index (χ0v) is 18.4. The molecule has 1 aliphatic heterocycles. The zero-order valence-electron chi connectivity index (χ0n) is 18.4. The van der Waals surface area contributed by atoms with E-state index in [9.17, 15) is 4.79 Å². The number of amides is 1. The summed E-state index contributed by atoms with van der Waals surface area (Å²) in [6, 6.07) is 0. The van der Waals surface area contributed by atoms with Gasteiger partial charge in [0.05, 0.1) is 17.5 Å². The van der Waals surface area contributed by atoms with Gasteiger partial charge in [-0.2, -0.15) is 5.10 Å². The summed E-state index contributed by atoms with van der Waals surface area (Å²) >= 11 is 0. The van der Waals surface area contributed by atoms with E-state index < -0.39 is 0 Å². The Bertz CT molecular complexity index is 927. The van der Waals surface area contributed by atoms with E-state index >= 15 is 0 Å². The summed E-state index contributed by atoms with van der Waals surface area (Å²) in [5.41, 5.74) is 3.20. The first kappa shape index (κ1) is 21.0. The summed E-state index contributed by atoms with van der Waals surface area (Å²) in [5, 5.41) is 7.20. The van der Waals surface area contributed by atoms with E-state index in [1.807, 2.05) is 40.1 Å². The monoisotopic (exact) mass is 396 g/mol. The van der Waals surface area contributed by atoms with Gasteiger partial charge in [-0.3, -0.25) is 9.48 Å². The van der Waals surface area contributed by atoms with E-state index in [-0.39, 0.29) is 5.91 Å². The van der Waals surface area contributed by atoms with Gasteiger partial charge in [-0.1, -0.05) is 19.9 Å². The van der Waals surface area contributed by atoms with Crippen LogP contribution >= 0.6 is 0 Å². The van der Waals surface area contributed by atoms with Gasteiger partial charge < -0.3 is 10.2 Å². The smallest absolute Gasteiger partial charge is 0.261 e. The van der Waals surface area contributed by atoms with Gasteiger partial charge >= 0.3 is 0 Å². The highest BCUT2D eigenvalue weighted by atomic mass is 16.1. The lowest BCUT2D eigenvalue weighted by Gasteiger charge is -2.26. The molecule has 0 radical (unpaired) electrons. The number of anilines is 1. The third-order valence-electron chi connectivity index (χ3n) is 5.64. The molecule has 0 saturated carbocycles. The quantitative estimate of drug-likeness (QED) is 0.849. The highest BCUT2D eigenvalue weighted by Gasteiger charge is 2.28. The summed E-state index contributed by atoms with van der Waals surface area (Å²) in [5.74, 6) is 1.17. The van der Waals surface area contributed by atoms with Crippen LogP contribution in [0.5, 0.6) is 0 Å². The second-order valence-corrected chi connectivity index (χ2v) is 8.66. The van der Waals surface area contributed by atoms with Crippen LogP contribution in [0, 0.1) is 12.3 Å². The zero-order chi connectivity index (χ0) is 21.2. The van der Waals surface area contributed by atoms with Crippen LogP contribution in [-0.4, -0.2) is 38.7 Å². The molecule has 0 aliphatic carbocycles. The Balaban J connectivity index is 2.08. The molecule has 0 atom stereocenters. The Morgan fingerprint density at radius 3 is 2.66 bits per heavy atom. The maximum Gasteiger partial charge on any atom is 0.261 e. The highest BCUT2D eigenvalue weighted by molar-refractivity contribution is 6.01. The first-order chi connectivity index (χ1) is 13.7. The van der Waals surface area contributed by atoms with Gasteiger partial charge in [0.1, 0.15) is 11.4 Å². The summed E-state index contributed by atoms with van der Waals surface area (Å²) in [6.07, 6.45) is 8.84. The molecular formula is C22H32N6O. The minimum Gasteiger partial charge on any atom is -0.356 e. The third-order valence-corrected chi connectivity index (χ3v) is 5.64. The molecule has 1 N–H and O–H groups in total. The Hall–Kier alpha value is -2.70. The highest BCUT2D eigenvalue weighted by Crippen LogP contribution is 2.33. The average Bonchev–Trinajstić information content (AvgIpc) is 3.01. The van der Waals surface area contributed by atoms with E-state index in [1.165, 1.54) is 6.42 Å². The molecule has 0 spiro atoms. The largest absolute Gasteiger partial charge is 0.356 e. The number of hydrogen-bond acceptors (Lipinski definition) is 5. The van der Waals surface area contributed by atoms with Crippen molar-refractivity contribution in [2.45, 2.75) is 53.9 Å². The summed E-state index contributed by atoms with van der Waals surface area (Å²) in [6.45, 7) is 12.0. The number of aromatic nitrogens is 4. The fourth-order valence-electron chi connectivity index (χ4n) is 3.67. The summed E-state index contributed by atoms with van der Waals surface area (Å²) < 4.78 is 1.73. The molecular weight excluding hydrogens is 364 g/mol. The molecule has 1 saturated heterocycles. The number of allylic oxidation sites excluding steroid dienone is 2. The maximum atomic E-state index is 13.1. The Morgan fingerprint density at radius 2 is 2.00 bits per heavy atom. The first-order valence-corrected chi connectivity index (χ1v) is 10.3. The van der Waals surface area contributed by atoms with Crippen LogP contribution in [0.3, 0.4) is 0 Å². The molecule has 0 bridgehead atoms. The average molecular weight is 397 g/mol. The van der Waals surface area contributed by atoms with Gasteiger partial charge in [-0.05, 0) is 45.4 Å². The number of nitrogens with zero attached hydrogens (tertiary/aromatic N) is 5. The van der Waals surface area contributed by atoms with E-state index in [4.69, 9.17) is 4.98 Å². The van der Waals surface area contributed by atoms with Crippen LogP contribution in [0.15, 0.2) is 24.2 Å². The van der Waals surface area contributed by atoms with Crippen LogP contribution in [0.2, 0.25) is 0 Å². The molecule has 0 aromatic carbocycles. The number of hydrogen-bond donors (Lipinski definition) is 1. The van der Waals surface area contributed by atoms with Crippen LogP contribution < -0.4 is 10.2 Å². The van der Waals surface area contributed by atoms with E-state index in [2.05, 4.69) is 34.1 Å². The number of nitrogens with one attached hydrogen (secondary N) is 1. The lowest BCUT2D eigenvalue weighted by molar-refractivity contribution is 0.0965. The van der Waals surface area contributed by atoms with Gasteiger partial charge in [0, 0.05) is 32.0 Å². The van der Waals surface area contributed by atoms with Crippen molar-refractivity contribution in [3.63, 3.8) is 0 Å². The number of aryl methyl sites for hydroxylation is 2. The predicted octanol–water partition coefficient (Wildman–Crippen LogP) is 3.86. The molecule has 1 amide bonds. The van der Waals surface area contributed by atoms with Crippen LogP contribution in [0.1, 0.15) is 63.0 Å². The van der Waals surface area contributed by atoms with Crippen molar-refractivity contribution in [1.82, 2.24) is 25.1 Å². The Kier molecular flexibility index (Phi) is 6.05.